The lowest BCUT2D eigenvalue weighted by molar-refractivity contribution is -0.384. The number of nitrogens with one attached hydrogen (secondary N) is 1. The number of carbonyl (C=O) groups is 2. The van der Waals surface area contributed by atoms with Gasteiger partial charge in [0.2, 0.25) is 5.91 Å². The number of anilines is 1. The van der Waals surface area contributed by atoms with Crippen LogP contribution in [0.25, 0.3) is 0 Å². The number of nitrogens with zero attached hydrogens (tertiary/aromatic N) is 3. The minimum atomic E-state index is -1.24. The fraction of sp³-hybridized carbons (Fsp3) is 0.208. The van der Waals surface area contributed by atoms with Crippen molar-refractivity contribution >= 4 is 23.1 Å². The SMILES string of the molecule is CN1C[C@@H](c2cccc([N+](=O)[O-])c2)[C@H](C(=O)c2ccccn2)[C@]12C(=O)Nc1ccccc12. The van der Waals surface area contributed by atoms with Gasteiger partial charge in [-0.15, -0.1) is 0 Å². The number of para-hydroxylation sites is 1. The third-order valence-electron chi connectivity index (χ3n) is 6.57. The number of likely N-dealkylation sites (N-methyl/N-ethyl adjacent to an activating group) is 1. The molecule has 0 saturated carbocycles. The molecule has 0 radical (unpaired) electrons. The predicted octanol–water partition coefficient (Wildman–Crippen LogP) is 3.37. The number of nitro groups is 1. The Hall–Kier alpha value is -3.91. The fourth-order valence-corrected chi connectivity index (χ4v) is 5.23. The first-order valence-electron chi connectivity index (χ1n) is 10.3. The summed E-state index contributed by atoms with van der Waals surface area (Å²) in [6.07, 6.45) is 1.55. The number of Topliss-reactive ketones (excluding diaryl/α,β-unsaturated/α-hetero) is 1. The number of likely N-dealkylation sites (tertiary alicyclic amines) is 1. The fourth-order valence-electron chi connectivity index (χ4n) is 5.23. The maximum Gasteiger partial charge on any atom is 0.269 e. The average Bonchev–Trinajstić information content (AvgIpc) is 3.29. The lowest BCUT2D eigenvalue weighted by atomic mass is 9.71. The Balaban J connectivity index is 1.73. The smallest absolute Gasteiger partial charge is 0.269 e. The second-order valence-electron chi connectivity index (χ2n) is 8.16. The summed E-state index contributed by atoms with van der Waals surface area (Å²) in [6.45, 7) is 0.381. The van der Waals surface area contributed by atoms with Gasteiger partial charge < -0.3 is 5.32 Å². The molecular formula is C24H20N4O4. The Kier molecular flexibility index (Phi) is 4.60. The number of non-ortho nitro benzene ring substituents is 1. The number of carbonyl (C=O) groups excluding carboxylic acids is 2. The number of benzene rings is 2. The van der Waals surface area contributed by atoms with Gasteiger partial charge >= 0.3 is 0 Å². The van der Waals surface area contributed by atoms with Gasteiger partial charge in [-0.2, -0.15) is 0 Å². The van der Waals surface area contributed by atoms with Crippen LogP contribution in [0.5, 0.6) is 0 Å². The van der Waals surface area contributed by atoms with Crippen LogP contribution < -0.4 is 5.32 Å². The number of rotatable bonds is 4. The maximum atomic E-state index is 13.9. The van der Waals surface area contributed by atoms with Gasteiger partial charge in [0, 0.05) is 42.0 Å². The zero-order valence-electron chi connectivity index (χ0n) is 17.3. The Labute approximate surface area is 184 Å². The number of aromatic nitrogens is 1. The molecule has 8 nitrogen and oxygen atoms in total. The van der Waals surface area contributed by atoms with Crippen molar-refractivity contribution in [2.24, 2.45) is 5.92 Å². The molecule has 160 valence electrons. The van der Waals surface area contributed by atoms with Crippen molar-refractivity contribution in [1.29, 1.82) is 0 Å². The molecule has 0 bridgehead atoms. The summed E-state index contributed by atoms with van der Waals surface area (Å²) in [5, 5.41) is 14.3. The average molecular weight is 428 g/mol. The molecule has 1 aromatic heterocycles. The van der Waals surface area contributed by atoms with Crippen LogP contribution in [0.15, 0.2) is 72.9 Å². The molecule has 1 N–H and O–H groups in total. The Morgan fingerprint density at radius 2 is 1.94 bits per heavy atom. The largest absolute Gasteiger partial charge is 0.324 e. The summed E-state index contributed by atoms with van der Waals surface area (Å²) >= 11 is 0. The van der Waals surface area contributed by atoms with E-state index in [1.54, 1.807) is 36.5 Å². The van der Waals surface area contributed by atoms with Gasteiger partial charge in [-0.1, -0.05) is 36.4 Å². The van der Waals surface area contributed by atoms with Crippen LogP contribution in [-0.2, 0) is 10.3 Å². The molecule has 0 aliphatic carbocycles. The van der Waals surface area contributed by atoms with Crippen molar-refractivity contribution in [1.82, 2.24) is 9.88 Å². The number of amides is 1. The highest BCUT2D eigenvalue weighted by atomic mass is 16.6. The van der Waals surface area contributed by atoms with Gasteiger partial charge in [0.05, 0.1) is 10.8 Å². The summed E-state index contributed by atoms with van der Waals surface area (Å²) in [5.74, 6) is -1.79. The normalized spacial score (nSPS) is 24.3. The van der Waals surface area contributed by atoms with Crippen LogP contribution in [0.3, 0.4) is 0 Å². The molecule has 1 saturated heterocycles. The zero-order valence-corrected chi connectivity index (χ0v) is 17.3. The molecule has 0 unspecified atom stereocenters. The monoisotopic (exact) mass is 428 g/mol. The minimum absolute atomic E-state index is 0.0496. The van der Waals surface area contributed by atoms with E-state index in [9.17, 15) is 19.7 Å². The van der Waals surface area contributed by atoms with Crippen molar-refractivity contribution in [2.45, 2.75) is 11.5 Å². The van der Waals surface area contributed by atoms with Gasteiger partial charge in [0.25, 0.3) is 5.69 Å². The zero-order chi connectivity index (χ0) is 22.5. The van der Waals surface area contributed by atoms with Crippen LogP contribution in [0.4, 0.5) is 11.4 Å². The molecule has 3 atom stereocenters. The summed E-state index contributed by atoms with van der Waals surface area (Å²) in [7, 11) is 1.82. The third kappa shape index (κ3) is 2.76. The molecule has 3 aromatic rings. The van der Waals surface area contributed by atoms with E-state index in [2.05, 4.69) is 10.3 Å². The quantitative estimate of drug-likeness (QED) is 0.388. The first-order valence-corrected chi connectivity index (χ1v) is 10.3. The van der Waals surface area contributed by atoms with Gasteiger partial charge in [-0.25, -0.2) is 0 Å². The van der Waals surface area contributed by atoms with Crippen LogP contribution in [0.1, 0.15) is 27.5 Å². The summed E-state index contributed by atoms with van der Waals surface area (Å²) in [6, 6.07) is 18.8. The first-order chi connectivity index (χ1) is 15.4. The molecule has 2 aromatic carbocycles. The number of ketones is 1. The van der Waals surface area contributed by atoms with Crippen LogP contribution in [0.2, 0.25) is 0 Å². The molecule has 32 heavy (non-hydrogen) atoms. The standard InChI is InChI=1S/C24H20N4O4/c1-27-14-17(15-7-6-8-16(13-15)28(31)32)21(22(29)20-11-4-5-12-25-20)24(27)18-9-2-3-10-19(18)26-23(24)30/h2-13,17,21H,14H2,1H3,(H,26,30)/t17-,21+,24+/m0/s1. The van der Waals surface area contributed by atoms with E-state index >= 15 is 0 Å². The molecule has 5 rings (SSSR count). The van der Waals surface area contributed by atoms with Gasteiger partial charge in [-0.05, 0) is 30.8 Å². The topological polar surface area (TPSA) is 105 Å². The minimum Gasteiger partial charge on any atom is -0.324 e. The van der Waals surface area contributed by atoms with Gasteiger partial charge in [0.15, 0.2) is 5.78 Å². The highest BCUT2D eigenvalue weighted by molar-refractivity contribution is 6.11. The van der Waals surface area contributed by atoms with Crippen molar-refractivity contribution in [3.8, 4) is 0 Å². The van der Waals surface area contributed by atoms with Crippen LogP contribution in [-0.4, -0.2) is 40.1 Å². The molecular weight excluding hydrogens is 408 g/mol. The molecule has 2 aliphatic heterocycles. The van der Waals surface area contributed by atoms with Gasteiger partial charge in [0.1, 0.15) is 11.2 Å². The highest BCUT2D eigenvalue weighted by Crippen LogP contribution is 2.55. The lowest BCUT2D eigenvalue weighted by Gasteiger charge is -2.35. The lowest BCUT2D eigenvalue weighted by Crippen LogP contribution is -2.51. The second kappa shape index (κ2) is 7.35. The maximum absolute atomic E-state index is 13.9. The number of hydrogen-bond donors (Lipinski definition) is 1. The molecule has 1 fully saturated rings. The molecule has 1 amide bonds. The van der Waals surface area contributed by atoms with Crippen molar-refractivity contribution in [2.75, 3.05) is 18.9 Å². The first kappa shape index (κ1) is 20.0. The van der Waals surface area contributed by atoms with Crippen LogP contribution >= 0.6 is 0 Å². The number of hydrogen-bond acceptors (Lipinski definition) is 6. The number of nitro benzene ring substituents is 1. The summed E-state index contributed by atoms with van der Waals surface area (Å²) in [4.78, 5) is 44.5. The van der Waals surface area contributed by atoms with Crippen LogP contribution in [0, 0.1) is 16.0 Å². The van der Waals surface area contributed by atoms with E-state index < -0.39 is 22.3 Å². The van der Waals surface area contributed by atoms with E-state index in [1.807, 2.05) is 36.2 Å². The van der Waals surface area contributed by atoms with E-state index in [-0.39, 0.29) is 23.1 Å². The Bertz CT molecular complexity index is 1250. The van der Waals surface area contributed by atoms with E-state index in [1.165, 1.54) is 12.1 Å². The number of pyridine rings is 1. The Morgan fingerprint density at radius 3 is 2.69 bits per heavy atom. The molecule has 3 heterocycles. The summed E-state index contributed by atoms with van der Waals surface area (Å²) < 4.78 is 0. The van der Waals surface area contributed by atoms with Crippen molar-refractivity contribution < 1.29 is 14.5 Å². The second-order valence-corrected chi connectivity index (χ2v) is 8.16. The van der Waals surface area contributed by atoms with E-state index in [4.69, 9.17) is 0 Å². The Morgan fingerprint density at radius 1 is 1.16 bits per heavy atom. The highest BCUT2D eigenvalue weighted by Gasteiger charge is 2.64. The van der Waals surface area contributed by atoms with E-state index in [0.717, 1.165) is 5.56 Å². The third-order valence-corrected chi connectivity index (χ3v) is 6.57. The summed E-state index contributed by atoms with van der Waals surface area (Å²) in [5.41, 5.74) is 1.03. The predicted molar refractivity (Wildman–Crippen MR) is 117 cm³/mol. The molecule has 2 aliphatic rings. The van der Waals surface area contributed by atoms with Crippen molar-refractivity contribution in [3.05, 3.63) is 99.9 Å². The van der Waals surface area contributed by atoms with Gasteiger partial charge in [-0.3, -0.25) is 29.6 Å². The van der Waals surface area contributed by atoms with E-state index in [0.29, 0.717) is 17.8 Å². The molecule has 1 spiro atoms. The number of fused-ring (bicyclic) bond motifs is 2. The van der Waals surface area contributed by atoms with Crippen molar-refractivity contribution in [3.63, 3.8) is 0 Å². The molecule has 8 heteroatoms.